The van der Waals surface area contributed by atoms with Crippen LogP contribution in [-0.4, -0.2) is 67.8 Å². The average Bonchev–Trinajstić information content (AvgIpc) is 3.05. The lowest BCUT2D eigenvalue weighted by Gasteiger charge is -2.12. The van der Waals surface area contributed by atoms with Gasteiger partial charge in [-0.15, -0.1) is 0 Å². The number of aromatic nitrogens is 3. The number of para-hydroxylation sites is 1. The van der Waals surface area contributed by atoms with Crippen LogP contribution in [0.25, 0.3) is 21.9 Å². The third-order valence-corrected chi connectivity index (χ3v) is 5.27. The summed E-state index contributed by atoms with van der Waals surface area (Å²) in [5, 5.41) is 0.978. The summed E-state index contributed by atoms with van der Waals surface area (Å²) in [7, 11) is 0.594. The molecular weight excluding hydrogens is 382 g/mol. The normalized spacial score (nSPS) is 12.0. The van der Waals surface area contributed by atoms with Crippen LogP contribution in [0.2, 0.25) is 0 Å². The number of pyridine rings is 1. The second kappa shape index (κ2) is 9.28. The van der Waals surface area contributed by atoms with Crippen LogP contribution in [0.4, 0.5) is 5.82 Å². The van der Waals surface area contributed by atoms with Crippen molar-refractivity contribution in [3.05, 3.63) is 30.1 Å². The zero-order valence-electron chi connectivity index (χ0n) is 16.0. The first-order valence-electron chi connectivity index (χ1n) is 8.98. The largest absolute Gasteiger partial charge is 0.384 e. The Hall–Kier alpha value is -2.27. The van der Waals surface area contributed by atoms with Crippen LogP contribution in [0, 0.1) is 0 Å². The van der Waals surface area contributed by atoms with Gasteiger partial charge in [-0.1, -0.05) is 18.2 Å². The number of hydrogen-bond acceptors (Lipinski definition) is 7. The Morgan fingerprint density at radius 2 is 1.96 bits per heavy atom. The molecule has 28 heavy (non-hydrogen) atoms. The molecule has 9 nitrogen and oxygen atoms in total. The van der Waals surface area contributed by atoms with Gasteiger partial charge in [0, 0.05) is 39.1 Å². The van der Waals surface area contributed by atoms with E-state index in [-0.39, 0.29) is 0 Å². The van der Waals surface area contributed by atoms with Gasteiger partial charge in [0.05, 0.1) is 30.9 Å². The predicted molar refractivity (Wildman–Crippen MR) is 109 cm³/mol. The Balaban J connectivity index is 1.87. The van der Waals surface area contributed by atoms with Gasteiger partial charge >= 0.3 is 0 Å². The Kier molecular flexibility index (Phi) is 6.79. The van der Waals surface area contributed by atoms with Gasteiger partial charge in [0.25, 0.3) is 0 Å². The summed E-state index contributed by atoms with van der Waals surface area (Å²) in [6.07, 6.45) is 0.637. The lowest BCUT2D eigenvalue weighted by Crippen LogP contribution is -2.22. The summed E-state index contributed by atoms with van der Waals surface area (Å²) in [5.74, 6) is 1.25. The fourth-order valence-corrected chi connectivity index (χ4v) is 3.31. The molecule has 0 unspecified atom stereocenters. The minimum Gasteiger partial charge on any atom is -0.384 e. The molecule has 0 amide bonds. The van der Waals surface area contributed by atoms with Crippen LogP contribution in [0.15, 0.2) is 24.3 Å². The van der Waals surface area contributed by atoms with E-state index in [9.17, 15) is 8.42 Å². The third-order valence-electron chi connectivity index (χ3n) is 4.52. The van der Waals surface area contributed by atoms with Crippen LogP contribution in [0.1, 0.15) is 5.82 Å². The van der Waals surface area contributed by atoms with Crippen molar-refractivity contribution in [3.8, 4) is 0 Å². The first kappa shape index (κ1) is 20.5. The van der Waals surface area contributed by atoms with Crippen LogP contribution in [0.5, 0.6) is 0 Å². The molecule has 0 saturated heterocycles. The standard InChI is InChI=1S/C18H25N5O4S/c1-22(28(24)25)8-11-27-12-9-23-15(7-10-26-2)21-16-17(23)13-5-3-4-6-14(13)20-18(16)19/h3-6,28H,7-12H2,1-2H3,(H2,19,20). The van der Waals surface area contributed by atoms with E-state index in [0.717, 1.165) is 22.2 Å². The van der Waals surface area contributed by atoms with Gasteiger partial charge in [0.2, 0.25) is 10.9 Å². The molecule has 3 aromatic rings. The van der Waals surface area contributed by atoms with Gasteiger partial charge < -0.3 is 19.8 Å². The number of benzene rings is 1. The summed E-state index contributed by atoms with van der Waals surface area (Å²) in [5.41, 5.74) is 8.57. The second-order valence-electron chi connectivity index (χ2n) is 6.37. The van der Waals surface area contributed by atoms with E-state index in [1.807, 2.05) is 24.3 Å². The molecule has 0 atom stereocenters. The van der Waals surface area contributed by atoms with Crippen LogP contribution in [-0.2, 0) is 33.3 Å². The number of anilines is 1. The van der Waals surface area contributed by atoms with Crippen LogP contribution in [0.3, 0.4) is 0 Å². The maximum Gasteiger partial charge on any atom is 0.203 e. The molecule has 2 N–H and O–H groups in total. The summed E-state index contributed by atoms with van der Waals surface area (Å²) in [4.78, 5) is 9.16. The molecule has 0 radical (unpaired) electrons. The summed E-state index contributed by atoms with van der Waals surface area (Å²) in [6, 6.07) is 7.81. The van der Waals surface area contributed by atoms with E-state index >= 15 is 0 Å². The van der Waals surface area contributed by atoms with Crippen LogP contribution < -0.4 is 5.73 Å². The molecule has 2 heterocycles. The Bertz CT molecular complexity index is 1030. The molecular formula is C18H25N5O4S. The molecule has 1 aromatic carbocycles. The number of methoxy groups -OCH3 is 1. The maximum absolute atomic E-state index is 10.9. The minimum absolute atomic E-state index is 0.319. The predicted octanol–water partition coefficient (Wildman–Crippen LogP) is 0.830. The smallest absolute Gasteiger partial charge is 0.203 e. The van der Waals surface area contributed by atoms with E-state index in [1.165, 1.54) is 11.4 Å². The first-order valence-corrected chi connectivity index (χ1v) is 10.1. The zero-order chi connectivity index (χ0) is 20.1. The van der Waals surface area contributed by atoms with E-state index in [4.69, 9.17) is 20.2 Å². The number of fused-ring (bicyclic) bond motifs is 3. The highest BCUT2D eigenvalue weighted by Crippen LogP contribution is 2.28. The molecule has 0 bridgehead atoms. The number of rotatable bonds is 10. The first-order chi connectivity index (χ1) is 13.5. The summed E-state index contributed by atoms with van der Waals surface area (Å²) in [6.45, 7) is 2.17. The Labute approximate surface area is 165 Å². The van der Waals surface area contributed by atoms with E-state index in [1.54, 1.807) is 7.11 Å². The Morgan fingerprint density at radius 1 is 1.18 bits per heavy atom. The van der Waals surface area contributed by atoms with Crippen molar-refractivity contribution >= 4 is 38.6 Å². The maximum atomic E-state index is 10.9. The van der Waals surface area contributed by atoms with Crippen molar-refractivity contribution < 1.29 is 17.9 Å². The van der Waals surface area contributed by atoms with Gasteiger partial charge in [0.1, 0.15) is 11.3 Å². The minimum atomic E-state index is -2.57. The Morgan fingerprint density at radius 3 is 2.71 bits per heavy atom. The van der Waals surface area contributed by atoms with Crippen LogP contribution >= 0.6 is 0 Å². The molecule has 0 aliphatic carbocycles. The number of ether oxygens (including phenoxy) is 2. The lowest BCUT2D eigenvalue weighted by molar-refractivity contribution is 0.119. The molecule has 2 aromatic heterocycles. The number of hydrogen-bond donors (Lipinski definition) is 2. The fraction of sp³-hybridized carbons (Fsp3) is 0.444. The number of imidazole rings is 1. The second-order valence-corrected chi connectivity index (χ2v) is 7.52. The number of nitrogen functional groups attached to an aromatic ring is 1. The van der Waals surface area contributed by atoms with Crippen molar-refractivity contribution in [2.75, 3.05) is 46.3 Å². The van der Waals surface area contributed by atoms with Crippen molar-refractivity contribution in [2.45, 2.75) is 13.0 Å². The number of nitrogens with two attached hydrogens (primary N) is 1. The molecule has 0 spiro atoms. The molecule has 0 fully saturated rings. The van der Waals surface area contributed by atoms with E-state index in [0.29, 0.717) is 50.7 Å². The third kappa shape index (κ3) is 4.41. The highest BCUT2D eigenvalue weighted by atomic mass is 32.2. The molecule has 10 heteroatoms. The van der Waals surface area contributed by atoms with Gasteiger partial charge in [0.15, 0.2) is 5.82 Å². The quantitative estimate of drug-likeness (QED) is 0.378. The van der Waals surface area contributed by atoms with Crippen molar-refractivity contribution in [2.24, 2.45) is 0 Å². The monoisotopic (exact) mass is 407 g/mol. The number of likely N-dealkylation sites (N-methyl/N-ethyl adjacent to an activating group) is 1. The van der Waals surface area contributed by atoms with E-state index < -0.39 is 10.9 Å². The van der Waals surface area contributed by atoms with Crippen molar-refractivity contribution in [1.82, 2.24) is 18.8 Å². The molecule has 152 valence electrons. The SMILES string of the molecule is COCCc1nc2c(N)nc3ccccc3c2n1CCOCCN(C)[SH](=O)=O. The zero-order valence-corrected chi connectivity index (χ0v) is 16.9. The lowest BCUT2D eigenvalue weighted by atomic mass is 10.2. The summed E-state index contributed by atoms with van der Waals surface area (Å²) >= 11 is 0. The topological polar surface area (TPSA) is 113 Å². The van der Waals surface area contributed by atoms with Gasteiger partial charge in [-0.2, -0.15) is 0 Å². The van der Waals surface area contributed by atoms with Gasteiger partial charge in [-0.3, -0.25) is 0 Å². The van der Waals surface area contributed by atoms with E-state index in [2.05, 4.69) is 9.55 Å². The number of thiol groups is 1. The van der Waals surface area contributed by atoms with Crippen molar-refractivity contribution in [1.29, 1.82) is 0 Å². The average molecular weight is 407 g/mol. The highest BCUT2D eigenvalue weighted by Gasteiger charge is 2.17. The number of nitrogens with zero attached hydrogens (tertiary/aromatic N) is 4. The van der Waals surface area contributed by atoms with Gasteiger partial charge in [-0.05, 0) is 6.07 Å². The molecule has 3 rings (SSSR count). The molecule has 0 aliphatic rings. The van der Waals surface area contributed by atoms with Gasteiger partial charge in [-0.25, -0.2) is 22.7 Å². The fourth-order valence-electron chi connectivity index (χ4n) is 3.07. The molecule has 0 saturated carbocycles. The molecule has 0 aliphatic heterocycles. The van der Waals surface area contributed by atoms with Crippen molar-refractivity contribution in [3.63, 3.8) is 0 Å². The highest BCUT2D eigenvalue weighted by molar-refractivity contribution is 7.69. The summed E-state index contributed by atoms with van der Waals surface area (Å²) < 4.78 is 35.9.